The van der Waals surface area contributed by atoms with Crippen LogP contribution in [0.2, 0.25) is 0 Å². The predicted octanol–water partition coefficient (Wildman–Crippen LogP) is 4.20. The second kappa shape index (κ2) is 9.16. The van der Waals surface area contributed by atoms with Gasteiger partial charge in [0.2, 0.25) is 11.8 Å². The van der Waals surface area contributed by atoms with Crippen molar-refractivity contribution < 1.29 is 19.1 Å². The summed E-state index contributed by atoms with van der Waals surface area (Å²) in [6.45, 7) is 1.44. The Hall–Kier alpha value is -4.13. The number of methoxy groups -OCH3 is 1. The number of amides is 3. The molecule has 0 radical (unpaired) electrons. The van der Waals surface area contributed by atoms with Gasteiger partial charge in [0, 0.05) is 30.9 Å². The van der Waals surface area contributed by atoms with Crippen molar-refractivity contribution in [1.29, 1.82) is 0 Å². The van der Waals surface area contributed by atoms with Crippen LogP contribution in [-0.2, 0) is 9.59 Å². The fourth-order valence-electron chi connectivity index (χ4n) is 4.23. The molecule has 0 saturated heterocycles. The molecule has 0 aromatic heterocycles. The van der Waals surface area contributed by atoms with Gasteiger partial charge in [-0.15, -0.1) is 0 Å². The molecule has 2 atom stereocenters. The van der Waals surface area contributed by atoms with Crippen LogP contribution in [0.15, 0.2) is 72.8 Å². The largest absolute Gasteiger partial charge is 0.497 e. The maximum atomic E-state index is 13.6. The monoisotopic (exact) mass is 443 g/mol. The molecule has 1 heterocycles. The van der Waals surface area contributed by atoms with Gasteiger partial charge in [-0.25, -0.2) is 0 Å². The number of nitrogens with zero attached hydrogens (tertiary/aromatic N) is 1. The van der Waals surface area contributed by atoms with E-state index in [1.165, 1.54) is 6.92 Å². The topological polar surface area (TPSA) is 87.7 Å². The molecule has 3 amide bonds. The summed E-state index contributed by atoms with van der Waals surface area (Å²) in [5.41, 5.74) is 3.28. The quantitative estimate of drug-likeness (QED) is 0.619. The van der Waals surface area contributed by atoms with E-state index in [1.807, 2.05) is 36.4 Å². The van der Waals surface area contributed by atoms with Crippen LogP contribution in [0.4, 0.5) is 11.4 Å². The van der Waals surface area contributed by atoms with E-state index in [0.29, 0.717) is 28.3 Å². The molecule has 4 rings (SSSR count). The third-order valence-electron chi connectivity index (χ3n) is 5.79. The highest BCUT2D eigenvalue weighted by molar-refractivity contribution is 6.04. The first-order valence-electron chi connectivity index (χ1n) is 10.6. The number of carbonyl (C=O) groups excluding carboxylic acids is 3. The van der Waals surface area contributed by atoms with Crippen molar-refractivity contribution in [3.63, 3.8) is 0 Å². The zero-order valence-corrected chi connectivity index (χ0v) is 18.7. The summed E-state index contributed by atoms with van der Waals surface area (Å²) in [5, 5.41) is 5.68. The molecule has 0 unspecified atom stereocenters. The summed E-state index contributed by atoms with van der Waals surface area (Å²) in [6, 6.07) is 21.0. The van der Waals surface area contributed by atoms with E-state index >= 15 is 0 Å². The molecule has 0 spiro atoms. The molecular weight excluding hydrogens is 418 g/mol. The molecule has 2 N–H and O–H groups in total. The molecule has 33 heavy (non-hydrogen) atoms. The van der Waals surface area contributed by atoms with Gasteiger partial charge in [-0.05, 0) is 53.6 Å². The van der Waals surface area contributed by atoms with Crippen LogP contribution < -0.4 is 15.4 Å². The first-order valence-corrected chi connectivity index (χ1v) is 10.6. The van der Waals surface area contributed by atoms with E-state index in [4.69, 9.17) is 4.74 Å². The van der Waals surface area contributed by atoms with E-state index in [0.717, 1.165) is 5.56 Å². The summed E-state index contributed by atoms with van der Waals surface area (Å²) >= 11 is 0. The summed E-state index contributed by atoms with van der Waals surface area (Å²) in [7, 11) is 3.31. The fraction of sp³-hybridized carbons (Fsp3) is 0.192. The van der Waals surface area contributed by atoms with Crippen LogP contribution in [0.25, 0.3) is 0 Å². The zero-order valence-electron chi connectivity index (χ0n) is 18.7. The van der Waals surface area contributed by atoms with Gasteiger partial charge < -0.3 is 20.3 Å². The van der Waals surface area contributed by atoms with Crippen molar-refractivity contribution >= 4 is 29.1 Å². The van der Waals surface area contributed by atoms with Crippen molar-refractivity contribution in [2.45, 2.75) is 18.9 Å². The minimum atomic E-state index is -0.618. The Labute approximate surface area is 192 Å². The number of fused-ring (bicyclic) bond motifs is 1. The Morgan fingerprint density at radius 1 is 0.879 bits per heavy atom. The van der Waals surface area contributed by atoms with Crippen molar-refractivity contribution in [2.24, 2.45) is 0 Å². The third-order valence-corrected chi connectivity index (χ3v) is 5.79. The van der Waals surface area contributed by atoms with Crippen LogP contribution in [0.1, 0.15) is 40.4 Å². The fourth-order valence-corrected chi connectivity index (χ4v) is 4.23. The molecule has 0 fully saturated rings. The van der Waals surface area contributed by atoms with Crippen LogP contribution in [0, 0.1) is 0 Å². The maximum Gasteiger partial charge on any atom is 0.254 e. The van der Waals surface area contributed by atoms with Crippen molar-refractivity contribution in [2.75, 3.05) is 24.8 Å². The molecule has 0 aliphatic carbocycles. The van der Waals surface area contributed by atoms with Gasteiger partial charge >= 0.3 is 0 Å². The van der Waals surface area contributed by atoms with Gasteiger partial charge in [0.1, 0.15) is 5.75 Å². The molecule has 3 aromatic carbocycles. The van der Waals surface area contributed by atoms with Gasteiger partial charge in [0.25, 0.3) is 5.91 Å². The lowest BCUT2D eigenvalue weighted by atomic mass is 9.79. The van der Waals surface area contributed by atoms with Crippen LogP contribution in [-0.4, -0.2) is 36.8 Å². The number of rotatable bonds is 5. The highest BCUT2D eigenvalue weighted by Crippen LogP contribution is 2.42. The summed E-state index contributed by atoms with van der Waals surface area (Å²) < 4.78 is 5.26. The van der Waals surface area contributed by atoms with Crippen LogP contribution in [0.5, 0.6) is 5.75 Å². The number of likely N-dealkylation sites (N-methyl/N-ethyl adjacent to an activating group) is 1. The number of anilines is 2. The van der Waals surface area contributed by atoms with Crippen molar-refractivity contribution in [1.82, 2.24) is 4.90 Å². The summed E-state index contributed by atoms with van der Waals surface area (Å²) in [5.74, 6) is -0.442. The molecule has 3 aromatic rings. The molecule has 7 heteroatoms. The second-order valence-corrected chi connectivity index (χ2v) is 7.95. The lowest BCUT2D eigenvalue weighted by Crippen LogP contribution is -2.44. The number of ether oxygens (including phenoxy) is 1. The Bertz CT molecular complexity index is 1190. The Balaban J connectivity index is 1.70. The van der Waals surface area contributed by atoms with Crippen molar-refractivity contribution in [3.05, 3.63) is 89.5 Å². The smallest absolute Gasteiger partial charge is 0.254 e. The summed E-state index contributed by atoms with van der Waals surface area (Å²) in [4.78, 5) is 39.6. The minimum absolute atomic E-state index is 0.130. The Morgan fingerprint density at radius 3 is 2.09 bits per heavy atom. The van der Waals surface area contributed by atoms with E-state index in [-0.39, 0.29) is 17.7 Å². The lowest BCUT2D eigenvalue weighted by molar-refractivity contribution is -0.119. The Morgan fingerprint density at radius 2 is 1.48 bits per heavy atom. The van der Waals surface area contributed by atoms with Gasteiger partial charge in [0.15, 0.2) is 0 Å². The Kier molecular flexibility index (Phi) is 6.13. The molecule has 0 bridgehead atoms. The van der Waals surface area contributed by atoms with E-state index in [1.54, 1.807) is 55.5 Å². The van der Waals surface area contributed by atoms with E-state index in [9.17, 15) is 14.4 Å². The van der Waals surface area contributed by atoms with Crippen molar-refractivity contribution in [3.8, 4) is 5.75 Å². The normalized spacial score (nSPS) is 17.2. The average Bonchev–Trinajstić information content (AvgIpc) is 2.82. The van der Waals surface area contributed by atoms with Gasteiger partial charge in [-0.1, -0.05) is 30.3 Å². The predicted molar refractivity (Wildman–Crippen MR) is 126 cm³/mol. The molecular formula is C26H25N3O4. The molecule has 168 valence electrons. The first-order chi connectivity index (χ1) is 15.9. The van der Waals surface area contributed by atoms with Gasteiger partial charge in [-0.3, -0.25) is 14.4 Å². The van der Waals surface area contributed by atoms with E-state index < -0.39 is 12.0 Å². The second-order valence-electron chi connectivity index (χ2n) is 7.95. The zero-order chi connectivity index (χ0) is 23.5. The van der Waals surface area contributed by atoms with Gasteiger partial charge in [-0.2, -0.15) is 0 Å². The number of hydrogen-bond acceptors (Lipinski definition) is 4. The van der Waals surface area contributed by atoms with E-state index in [2.05, 4.69) is 10.6 Å². The number of nitrogens with one attached hydrogen (secondary N) is 2. The number of carbonyl (C=O) groups is 3. The highest BCUT2D eigenvalue weighted by Gasteiger charge is 2.42. The first kappa shape index (κ1) is 22.1. The lowest BCUT2D eigenvalue weighted by Gasteiger charge is -2.39. The number of hydrogen-bond donors (Lipinski definition) is 2. The third kappa shape index (κ3) is 4.43. The molecule has 0 saturated carbocycles. The maximum absolute atomic E-state index is 13.6. The van der Waals surface area contributed by atoms with Gasteiger partial charge in [0.05, 0.1) is 19.1 Å². The molecule has 1 aliphatic heterocycles. The van der Waals surface area contributed by atoms with Crippen LogP contribution in [0.3, 0.4) is 0 Å². The summed E-state index contributed by atoms with van der Waals surface area (Å²) in [6.07, 6.45) is 0. The van der Waals surface area contributed by atoms with Crippen LogP contribution >= 0.6 is 0 Å². The average molecular weight is 444 g/mol. The molecule has 7 nitrogen and oxygen atoms in total. The highest BCUT2D eigenvalue weighted by atomic mass is 16.5. The number of benzene rings is 3. The standard InChI is InChI=1S/C26H25N3O4/c1-16(30)27-18-10-12-19(13-11-18)28-25(31)23-21-6-4-5-7-22(21)26(32)29(2)24(23)17-8-14-20(33-3)15-9-17/h4-15,23-24H,1-3H3,(H,27,30)(H,28,31)/t23-,24-/m1/s1. The SMILES string of the molecule is COc1ccc([C@@H]2[C@H](C(=O)Nc3ccc(NC(C)=O)cc3)c3ccccc3C(=O)N2C)cc1. The minimum Gasteiger partial charge on any atom is -0.497 e. The molecule has 1 aliphatic rings.